The number of hydrogen-bond donors (Lipinski definition) is 1. The van der Waals surface area contributed by atoms with Crippen LogP contribution in [0.15, 0.2) is 42.5 Å². The van der Waals surface area contributed by atoms with E-state index in [1.807, 2.05) is 12.1 Å². The van der Waals surface area contributed by atoms with Crippen LogP contribution < -0.4 is 0 Å². The van der Waals surface area contributed by atoms with Crippen LogP contribution in [-0.4, -0.2) is 5.11 Å². The van der Waals surface area contributed by atoms with Gasteiger partial charge in [-0.15, -0.1) is 11.3 Å². The van der Waals surface area contributed by atoms with E-state index in [0.29, 0.717) is 0 Å². The molecule has 1 N–H and O–H groups in total. The fourth-order valence-electron chi connectivity index (χ4n) is 1.93. The largest absolute Gasteiger partial charge is 0.392 e. The van der Waals surface area contributed by atoms with Crippen molar-refractivity contribution >= 4 is 31.5 Å². The molecule has 0 saturated heterocycles. The summed E-state index contributed by atoms with van der Waals surface area (Å²) in [6, 6.07) is 14.5. The van der Waals surface area contributed by atoms with Gasteiger partial charge in [0.1, 0.15) is 0 Å². The summed E-state index contributed by atoms with van der Waals surface area (Å²) in [7, 11) is 0. The molecule has 0 bridgehead atoms. The van der Waals surface area contributed by atoms with Crippen molar-refractivity contribution in [1.82, 2.24) is 0 Å². The SMILES string of the molecule is OCc1cccc2c1sc1ccccc12. The molecule has 0 spiro atoms. The molecule has 0 aliphatic carbocycles. The van der Waals surface area contributed by atoms with Gasteiger partial charge in [0.05, 0.1) is 6.61 Å². The molecule has 74 valence electrons. The molecule has 3 rings (SSSR count). The Hall–Kier alpha value is -1.38. The Bertz CT molecular complexity index is 625. The van der Waals surface area contributed by atoms with Gasteiger partial charge in [0.2, 0.25) is 0 Å². The van der Waals surface area contributed by atoms with E-state index in [0.717, 1.165) is 5.56 Å². The van der Waals surface area contributed by atoms with Crippen LogP contribution in [0, 0.1) is 0 Å². The molecule has 0 radical (unpaired) electrons. The molecule has 0 unspecified atom stereocenters. The Morgan fingerprint density at radius 3 is 2.60 bits per heavy atom. The maximum absolute atomic E-state index is 9.27. The fraction of sp³-hybridized carbons (Fsp3) is 0.0769. The first-order valence-electron chi connectivity index (χ1n) is 4.90. The van der Waals surface area contributed by atoms with Crippen molar-refractivity contribution in [3.63, 3.8) is 0 Å². The van der Waals surface area contributed by atoms with Crippen molar-refractivity contribution in [3.8, 4) is 0 Å². The van der Waals surface area contributed by atoms with Gasteiger partial charge >= 0.3 is 0 Å². The molecule has 15 heavy (non-hydrogen) atoms. The maximum atomic E-state index is 9.27. The number of thiophene rings is 1. The highest BCUT2D eigenvalue weighted by Gasteiger charge is 2.06. The first kappa shape index (κ1) is 8.89. The number of hydrogen-bond acceptors (Lipinski definition) is 2. The van der Waals surface area contributed by atoms with E-state index in [1.54, 1.807) is 11.3 Å². The first-order valence-corrected chi connectivity index (χ1v) is 5.72. The van der Waals surface area contributed by atoms with E-state index in [1.165, 1.54) is 20.2 Å². The third-order valence-electron chi connectivity index (χ3n) is 2.66. The molecular weight excluding hydrogens is 204 g/mol. The van der Waals surface area contributed by atoms with Crippen LogP contribution in [0.1, 0.15) is 5.56 Å². The number of fused-ring (bicyclic) bond motifs is 3. The van der Waals surface area contributed by atoms with Gasteiger partial charge in [0, 0.05) is 20.2 Å². The lowest BCUT2D eigenvalue weighted by Gasteiger charge is -1.96. The van der Waals surface area contributed by atoms with E-state index in [9.17, 15) is 5.11 Å². The molecule has 0 aliphatic heterocycles. The topological polar surface area (TPSA) is 20.2 Å². The standard InChI is InChI=1S/C13H10OS/c14-8-9-4-3-6-11-10-5-1-2-7-12(10)15-13(9)11/h1-7,14H,8H2. The maximum Gasteiger partial charge on any atom is 0.0695 e. The monoisotopic (exact) mass is 214 g/mol. The highest BCUT2D eigenvalue weighted by atomic mass is 32.1. The fourth-order valence-corrected chi connectivity index (χ4v) is 3.14. The smallest absolute Gasteiger partial charge is 0.0695 e. The predicted octanol–water partition coefficient (Wildman–Crippen LogP) is 3.55. The summed E-state index contributed by atoms with van der Waals surface area (Å²) >= 11 is 1.75. The van der Waals surface area contributed by atoms with E-state index < -0.39 is 0 Å². The quantitative estimate of drug-likeness (QED) is 0.656. The molecule has 3 aromatic rings. The van der Waals surface area contributed by atoms with Crippen molar-refractivity contribution in [2.24, 2.45) is 0 Å². The molecule has 2 aromatic carbocycles. The summed E-state index contributed by atoms with van der Waals surface area (Å²) < 4.78 is 2.50. The second kappa shape index (κ2) is 3.33. The Labute approximate surface area is 91.6 Å². The summed E-state index contributed by atoms with van der Waals surface area (Å²) in [5.74, 6) is 0. The Morgan fingerprint density at radius 2 is 1.73 bits per heavy atom. The average molecular weight is 214 g/mol. The third-order valence-corrected chi connectivity index (χ3v) is 3.92. The predicted molar refractivity (Wildman–Crippen MR) is 65.3 cm³/mol. The van der Waals surface area contributed by atoms with E-state index in [2.05, 4.69) is 30.3 Å². The third kappa shape index (κ3) is 1.26. The second-order valence-electron chi connectivity index (χ2n) is 3.55. The van der Waals surface area contributed by atoms with Gasteiger partial charge in [-0.2, -0.15) is 0 Å². The molecule has 0 amide bonds. The number of aliphatic hydroxyl groups is 1. The summed E-state index contributed by atoms with van der Waals surface area (Å²) in [6.45, 7) is 0.115. The molecule has 0 atom stereocenters. The molecule has 2 heteroatoms. The zero-order valence-corrected chi connectivity index (χ0v) is 8.92. The van der Waals surface area contributed by atoms with Crippen molar-refractivity contribution in [2.45, 2.75) is 6.61 Å². The van der Waals surface area contributed by atoms with E-state index in [-0.39, 0.29) is 6.61 Å². The van der Waals surface area contributed by atoms with Gasteiger partial charge in [-0.25, -0.2) is 0 Å². The van der Waals surface area contributed by atoms with Crippen molar-refractivity contribution in [3.05, 3.63) is 48.0 Å². The van der Waals surface area contributed by atoms with Gasteiger partial charge in [0.15, 0.2) is 0 Å². The van der Waals surface area contributed by atoms with Crippen LogP contribution in [0.2, 0.25) is 0 Å². The minimum Gasteiger partial charge on any atom is -0.392 e. The molecule has 1 nitrogen and oxygen atoms in total. The van der Waals surface area contributed by atoms with Crippen LogP contribution >= 0.6 is 11.3 Å². The van der Waals surface area contributed by atoms with Gasteiger partial charge in [-0.05, 0) is 11.6 Å². The van der Waals surface area contributed by atoms with E-state index >= 15 is 0 Å². The van der Waals surface area contributed by atoms with Gasteiger partial charge in [-0.1, -0.05) is 36.4 Å². The number of benzene rings is 2. The van der Waals surface area contributed by atoms with E-state index in [4.69, 9.17) is 0 Å². The molecule has 0 fully saturated rings. The highest BCUT2D eigenvalue weighted by molar-refractivity contribution is 7.26. The number of rotatable bonds is 1. The van der Waals surface area contributed by atoms with Crippen molar-refractivity contribution in [2.75, 3.05) is 0 Å². The normalized spacial score (nSPS) is 11.3. The summed E-state index contributed by atoms with van der Waals surface area (Å²) in [5.41, 5.74) is 1.02. The minimum absolute atomic E-state index is 0.115. The lowest BCUT2D eigenvalue weighted by molar-refractivity contribution is 0.283. The van der Waals surface area contributed by atoms with Gasteiger partial charge in [0.25, 0.3) is 0 Å². The zero-order valence-electron chi connectivity index (χ0n) is 8.10. The first-order chi connectivity index (χ1) is 7.40. The Kier molecular flexibility index (Phi) is 1.97. The molecule has 1 aromatic heterocycles. The Morgan fingerprint density at radius 1 is 0.933 bits per heavy atom. The molecule has 0 saturated carbocycles. The minimum atomic E-state index is 0.115. The summed E-state index contributed by atoms with van der Waals surface area (Å²) in [5, 5.41) is 11.8. The average Bonchev–Trinajstić information content (AvgIpc) is 2.67. The van der Waals surface area contributed by atoms with Crippen LogP contribution in [0.5, 0.6) is 0 Å². The van der Waals surface area contributed by atoms with Gasteiger partial charge in [-0.3, -0.25) is 0 Å². The molecule has 0 aliphatic rings. The highest BCUT2D eigenvalue weighted by Crippen LogP contribution is 2.35. The van der Waals surface area contributed by atoms with Crippen molar-refractivity contribution in [1.29, 1.82) is 0 Å². The lowest BCUT2D eigenvalue weighted by Crippen LogP contribution is -1.80. The molecule has 1 heterocycles. The van der Waals surface area contributed by atoms with Crippen LogP contribution in [0.4, 0.5) is 0 Å². The zero-order chi connectivity index (χ0) is 10.3. The van der Waals surface area contributed by atoms with Crippen LogP contribution in [-0.2, 0) is 6.61 Å². The van der Waals surface area contributed by atoms with Crippen molar-refractivity contribution < 1.29 is 5.11 Å². The van der Waals surface area contributed by atoms with Crippen LogP contribution in [0.25, 0.3) is 20.2 Å². The summed E-state index contributed by atoms with van der Waals surface area (Å²) in [6.07, 6.45) is 0. The Balaban J connectivity index is 2.53. The van der Waals surface area contributed by atoms with Crippen LogP contribution in [0.3, 0.4) is 0 Å². The lowest BCUT2D eigenvalue weighted by atomic mass is 10.1. The summed E-state index contributed by atoms with van der Waals surface area (Å²) in [4.78, 5) is 0. The second-order valence-corrected chi connectivity index (χ2v) is 4.60. The van der Waals surface area contributed by atoms with Gasteiger partial charge < -0.3 is 5.11 Å². The molecular formula is C13H10OS. The number of aliphatic hydroxyl groups excluding tert-OH is 1.